The van der Waals surface area contributed by atoms with E-state index in [0.717, 1.165) is 50.0 Å². The number of aliphatic imine (C=N–C) groups is 1. The number of ether oxygens (including phenoxy) is 1. The van der Waals surface area contributed by atoms with Crippen molar-refractivity contribution in [2.75, 3.05) is 13.7 Å². The van der Waals surface area contributed by atoms with E-state index in [9.17, 15) is 0 Å². The van der Waals surface area contributed by atoms with Crippen molar-refractivity contribution < 1.29 is 4.74 Å². The lowest BCUT2D eigenvalue weighted by molar-refractivity contribution is 0.177. The number of guanidine groups is 1. The van der Waals surface area contributed by atoms with Crippen molar-refractivity contribution in [2.24, 2.45) is 4.99 Å². The van der Waals surface area contributed by atoms with Crippen LogP contribution >= 0.6 is 24.0 Å². The molecule has 8 heteroatoms. The Labute approximate surface area is 183 Å². The number of aryl methyl sites for hydroxylation is 1. The highest BCUT2D eigenvalue weighted by atomic mass is 127. The maximum absolute atomic E-state index is 5.14. The van der Waals surface area contributed by atoms with Gasteiger partial charge in [0.15, 0.2) is 11.8 Å². The number of hydrogen-bond donors (Lipinski definition) is 2. The molecule has 0 amide bonds. The van der Waals surface area contributed by atoms with E-state index in [1.165, 1.54) is 5.56 Å². The van der Waals surface area contributed by atoms with Gasteiger partial charge < -0.3 is 15.4 Å². The molecular weight excluding hydrogens is 467 g/mol. The summed E-state index contributed by atoms with van der Waals surface area (Å²) in [6, 6.07) is 11.5. The van der Waals surface area contributed by atoms with E-state index < -0.39 is 0 Å². The van der Waals surface area contributed by atoms with Crippen LogP contribution in [0.4, 0.5) is 0 Å². The zero-order valence-corrected chi connectivity index (χ0v) is 18.8. The first-order chi connectivity index (χ1) is 13.3. The lowest BCUT2D eigenvalue weighted by Gasteiger charge is -2.25. The molecule has 3 atom stereocenters. The second-order valence-corrected chi connectivity index (χ2v) is 7.27. The Kier molecular flexibility index (Phi) is 7.28. The summed E-state index contributed by atoms with van der Waals surface area (Å²) in [4.78, 5) is 9.19. The van der Waals surface area contributed by atoms with Crippen molar-refractivity contribution in [2.45, 2.75) is 57.3 Å². The van der Waals surface area contributed by atoms with Crippen LogP contribution < -0.4 is 10.6 Å². The standard InChI is InChI=1S/C20H28N6O.HI/c1-3-21-20(23-17-11-16(17)14-7-5-4-6-8-14)22-15-9-10-19-24-18(13-27-2)25-26(19)12-15;/h4-8,15-17H,3,9-13H2,1-2H3,(H2,21,22,23);1H. The zero-order chi connectivity index (χ0) is 18.6. The highest BCUT2D eigenvalue weighted by Gasteiger charge is 2.39. The predicted octanol–water partition coefficient (Wildman–Crippen LogP) is 2.47. The van der Waals surface area contributed by atoms with Crippen molar-refractivity contribution in [3.63, 3.8) is 0 Å². The SMILES string of the molecule is CCN=C(NC1CCc2nc(COC)nn2C1)NC1CC1c1ccccc1.I. The van der Waals surface area contributed by atoms with Gasteiger partial charge in [-0.15, -0.1) is 24.0 Å². The molecule has 1 aliphatic carbocycles. The van der Waals surface area contributed by atoms with Crippen molar-refractivity contribution in [3.05, 3.63) is 47.5 Å². The van der Waals surface area contributed by atoms with E-state index in [-0.39, 0.29) is 24.0 Å². The number of fused-ring (bicyclic) bond motifs is 1. The summed E-state index contributed by atoms with van der Waals surface area (Å²) in [6.45, 7) is 4.10. The number of hydrogen-bond acceptors (Lipinski definition) is 4. The van der Waals surface area contributed by atoms with Gasteiger partial charge in [0.1, 0.15) is 12.4 Å². The topological polar surface area (TPSA) is 76.4 Å². The van der Waals surface area contributed by atoms with Crippen LogP contribution in [0.5, 0.6) is 0 Å². The first-order valence-electron chi connectivity index (χ1n) is 9.80. The molecule has 0 spiro atoms. The number of nitrogens with one attached hydrogen (secondary N) is 2. The highest BCUT2D eigenvalue weighted by Crippen LogP contribution is 2.40. The van der Waals surface area contributed by atoms with E-state index in [4.69, 9.17) is 4.74 Å². The Morgan fingerprint density at radius 2 is 2.11 bits per heavy atom. The van der Waals surface area contributed by atoms with Crippen LogP contribution in [-0.4, -0.2) is 46.5 Å². The lowest BCUT2D eigenvalue weighted by atomic mass is 10.1. The molecule has 2 aromatic rings. The van der Waals surface area contributed by atoms with E-state index in [1.54, 1.807) is 7.11 Å². The van der Waals surface area contributed by atoms with Crippen molar-refractivity contribution in [1.82, 2.24) is 25.4 Å². The molecule has 4 rings (SSSR count). The van der Waals surface area contributed by atoms with Crippen LogP contribution in [-0.2, 0) is 24.3 Å². The van der Waals surface area contributed by atoms with Gasteiger partial charge in [-0.2, -0.15) is 5.10 Å². The zero-order valence-electron chi connectivity index (χ0n) is 16.5. The monoisotopic (exact) mass is 496 g/mol. The summed E-state index contributed by atoms with van der Waals surface area (Å²) >= 11 is 0. The normalized spacial score (nSPS) is 23.5. The van der Waals surface area contributed by atoms with Gasteiger partial charge in [-0.1, -0.05) is 30.3 Å². The van der Waals surface area contributed by atoms with E-state index in [1.807, 2.05) is 4.68 Å². The van der Waals surface area contributed by atoms with Gasteiger partial charge in [-0.3, -0.25) is 4.99 Å². The summed E-state index contributed by atoms with van der Waals surface area (Å²) in [6.07, 6.45) is 3.11. The first kappa shape index (κ1) is 21.0. The summed E-state index contributed by atoms with van der Waals surface area (Å²) in [5.74, 6) is 3.30. The van der Waals surface area contributed by atoms with Gasteiger partial charge in [0.2, 0.25) is 0 Å². The largest absolute Gasteiger partial charge is 0.377 e. The van der Waals surface area contributed by atoms with Crippen LogP contribution in [0, 0.1) is 0 Å². The molecule has 1 fully saturated rings. The predicted molar refractivity (Wildman–Crippen MR) is 120 cm³/mol. The Morgan fingerprint density at radius 1 is 1.29 bits per heavy atom. The third-order valence-electron chi connectivity index (χ3n) is 5.17. The Hall–Kier alpha value is -1.68. The molecule has 0 bridgehead atoms. The van der Waals surface area contributed by atoms with Crippen molar-refractivity contribution in [3.8, 4) is 0 Å². The second kappa shape index (κ2) is 9.69. The minimum atomic E-state index is 0. The highest BCUT2D eigenvalue weighted by molar-refractivity contribution is 14.0. The van der Waals surface area contributed by atoms with Crippen molar-refractivity contribution in [1.29, 1.82) is 0 Å². The Balaban J connectivity index is 0.00000225. The van der Waals surface area contributed by atoms with E-state index in [2.05, 4.69) is 63.0 Å². The molecule has 3 unspecified atom stereocenters. The molecule has 2 N–H and O–H groups in total. The van der Waals surface area contributed by atoms with E-state index in [0.29, 0.717) is 24.6 Å². The maximum Gasteiger partial charge on any atom is 0.191 e. The molecule has 152 valence electrons. The Bertz CT molecular complexity index is 793. The van der Waals surface area contributed by atoms with E-state index >= 15 is 0 Å². The summed E-state index contributed by atoms with van der Waals surface area (Å²) in [7, 11) is 1.67. The molecule has 1 aromatic carbocycles. The fourth-order valence-electron chi connectivity index (χ4n) is 3.75. The molecule has 0 saturated heterocycles. The van der Waals surface area contributed by atoms with Crippen LogP contribution in [0.15, 0.2) is 35.3 Å². The van der Waals surface area contributed by atoms with Crippen LogP contribution in [0.2, 0.25) is 0 Å². The van der Waals surface area contributed by atoms with Crippen LogP contribution in [0.25, 0.3) is 0 Å². The smallest absolute Gasteiger partial charge is 0.191 e. The lowest BCUT2D eigenvalue weighted by Crippen LogP contribution is -2.48. The molecular formula is C20H29IN6O. The minimum absolute atomic E-state index is 0. The molecule has 1 saturated carbocycles. The molecule has 0 radical (unpaired) electrons. The summed E-state index contributed by atoms with van der Waals surface area (Å²) < 4.78 is 7.15. The van der Waals surface area contributed by atoms with Gasteiger partial charge in [0.05, 0.1) is 6.54 Å². The average molecular weight is 496 g/mol. The van der Waals surface area contributed by atoms with Gasteiger partial charge >= 0.3 is 0 Å². The van der Waals surface area contributed by atoms with Gasteiger partial charge in [0.25, 0.3) is 0 Å². The average Bonchev–Trinajstić information content (AvgIpc) is 3.32. The first-order valence-corrected chi connectivity index (χ1v) is 9.80. The molecule has 2 aliphatic rings. The third-order valence-corrected chi connectivity index (χ3v) is 5.17. The summed E-state index contributed by atoms with van der Waals surface area (Å²) in [5.41, 5.74) is 1.40. The number of halogens is 1. The molecule has 2 heterocycles. The number of rotatable bonds is 6. The minimum Gasteiger partial charge on any atom is -0.377 e. The summed E-state index contributed by atoms with van der Waals surface area (Å²) in [5, 5.41) is 11.8. The van der Waals surface area contributed by atoms with Gasteiger partial charge in [0, 0.05) is 38.1 Å². The molecule has 1 aromatic heterocycles. The molecule has 7 nitrogen and oxygen atoms in total. The number of methoxy groups -OCH3 is 1. The number of aromatic nitrogens is 3. The fourth-order valence-corrected chi connectivity index (χ4v) is 3.75. The van der Waals surface area contributed by atoms with Crippen LogP contribution in [0.3, 0.4) is 0 Å². The van der Waals surface area contributed by atoms with Crippen LogP contribution in [0.1, 0.15) is 42.9 Å². The van der Waals surface area contributed by atoms with Gasteiger partial charge in [-0.05, 0) is 25.3 Å². The number of nitrogens with zero attached hydrogens (tertiary/aromatic N) is 4. The molecule has 1 aliphatic heterocycles. The third kappa shape index (κ3) is 5.02. The number of benzene rings is 1. The van der Waals surface area contributed by atoms with Gasteiger partial charge in [-0.25, -0.2) is 9.67 Å². The quantitative estimate of drug-likeness (QED) is 0.365. The second-order valence-electron chi connectivity index (χ2n) is 7.27. The molecule has 28 heavy (non-hydrogen) atoms. The maximum atomic E-state index is 5.14. The Morgan fingerprint density at radius 3 is 2.86 bits per heavy atom. The fraction of sp³-hybridized carbons (Fsp3) is 0.550. The van der Waals surface area contributed by atoms with Crippen molar-refractivity contribution >= 4 is 29.9 Å².